The minimum atomic E-state index is -0.109. The van der Waals surface area contributed by atoms with Crippen LogP contribution in [0.1, 0.15) is 55.9 Å². The van der Waals surface area contributed by atoms with Crippen LogP contribution in [0.25, 0.3) is 0 Å². The highest BCUT2D eigenvalue weighted by molar-refractivity contribution is 5.92. The van der Waals surface area contributed by atoms with Gasteiger partial charge in [-0.05, 0) is 19.8 Å². The summed E-state index contributed by atoms with van der Waals surface area (Å²) < 4.78 is 0. The molecular formula is C14H22N4O. The summed E-state index contributed by atoms with van der Waals surface area (Å²) in [5, 5.41) is 6.12. The van der Waals surface area contributed by atoms with E-state index in [1.165, 1.54) is 31.9 Å². The average molecular weight is 262 g/mol. The molecule has 19 heavy (non-hydrogen) atoms. The third-order valence-electron chi connectivity index (χ3n) is 3.43. The monoisotopic (exact) mass is 262 g/mol. The topological polar surface area (TPSA) is 66.9 Å². The van der Waals surface area contributed by atoms with Crippen molar-refractivity contribution in [1.29, 1.82) is 0 Å². The number of hydrogen-bond donors (Lipinski definition) is 2. The molecule has 104 valence electrons. The molecule has 1 aromatic rings. The van der Waals surface area contributed by atoms with Gasteiger partial charge in [0.05, 0.1) is 12.4 Å². The van der Waals surface area contributed by atoms with Gasteiger partial charge in [0.2, 0.25) is 0 Å². The first-order chi connectivity index (χ1) is 9.29. The van der Waals surface area contributed by atoms with Crippen LogP contribution in [0.3, 0.4) is 0 Å². The summed E-state index contributed by atoms with van der Waals surface area (Å²) in [6.45, 7) is 2.79. The van der Waals surface area contributed by atoms with E-state index < -0.39 is 0 Å². The first kappa shape index (κ1) is 13.8. The largest absolute Gasteiger partial charge is 0.369 e. The third-order valence-corrected chi connectivity index (χ3v) is 3.43. The minimum Gasteiger partial charge on any atom is -0.369 e. The molecule has 2 N–H and O–H groups in total. The Kier molecular flexibility index (Phi) is 5.12. The van der Waals surface area contributed by atoms with Crippen molar-refractivity contribution in [2.75, 3.05) is 11.9 Å². The fourth-order valence-corrected chi connectivity index (χ4v) is 2.40. The summed E-state index contributed by atoms with van der Waals surface area (Å²) in [5.74, 6) is 0.593. The van der Waals surface area contributed by atoms with Gasteiger partial charge in [-0.3, -0.25) is 4.79 Å². The molecular weight excluding hydrogens is 240 g/mol. The SMILES string of the molecule is CCNc1cnc(C(=O)NC2CCCCCC2)cn1. The van der Waals surface area contributed by atoms with Crippen LogP contribution < -0.4 is 10.6 Å². The molecule has 0 spiro atoms. The molecule has 1 saturated carbocycles. The first-order valence-electron chi connectivity index (χ1n) is 7.16. The molecule has 0 bridgehead atoms. The van der Waals surface area contributed by atoms with Gasteiger partial charge in [0.1, 0.15) is 11.5 Å². The quantitative estimate of drug-likeness (QED) is 0.817. The lowest BCUT2D eigenvalue weighted by atomic mass is 10.1. The molecule has 1 amide bonds. The van der Waals surface area contributed by atoms with Crippen LogP contribution in [0, 0.1) is 0 Å². The van der Waals surface area contributed by atoms with Crippen LogP contribution in [0.5, 0.6) is 0 Å². The molecule has 1 aliphatic carbocycles. The van der Waals surface area contributed by atoms with Crippen LogP contribution in [-0.4, -0.2) is 28.5 Å². The zero-order chi connectivity index (χ0) is 13.5. The van der Waals surface area contributed by atoms with E-state index in [-0.39, 0.29) is 5.91 Å². The summed E-state index contributed by atoms with van der Waals surface area (Å²) in [4.78, 5) is 20.4. The van der Waals surface area contributed by atoms with E-state index in [1.54, 1.807) is 6.20 Å². The predicted molar refractivity (Wildman–Crippen MR) is 75.2 cm³/mol. The Morgan fingerprint density at radius 2 is 1.95 bits per heavy atom. The number of aromatic nitrogens is 2. The standard InChI is InChI=1S/C14H22N4O/c1-2-15-13-10-16-12(9-17-13)14(19)18-11-7-5-3-4-6-8-11/h9-11H,2-8H2,1H3,(H,15,17)(H,18,19). The lowest BCUT2D eigenvalue weighted by Gasteiger charge is -2.15. The fraction of sp³-hybridized carbons (Fsp3) is 0.643. The molecule has 0 saturated heterocycles. The van der Waals surface area contributed by atoms with Crippen molar-refractivity contribution in [2.24, 2.45) is 0 Å². The average Bonchev–Trinajstić information content (AvgIpc) is 2.68. The Balaban J connectivity index is 1.91. The summed E-state index contributed by atoms with van der Waals surface area (Å²) >= 11 is 0. The van der Waals surface area contributed by atoms with Crippen molar-refractivity contribution in [3.63, 3.8) is 0 Å². The highest BCUT2D eigenvalue weighted by Crippen LogP contribution is 2.17. The van der Waals surface area contributed by atoms with Gasteiger partial charge in [-0.2, -0.15) is 0 Å². The van der Waals surface area contributed by atoms with Crippen LogP contribution in [0.4, 0.5) is 5.82 Å². The minimum absolute atomic E-state index is 0.109. The van der Waals surface area contributed by atoms with E-state index in [0.717, 1.165) is 19.4 Å². The zero-order valence-corrected chi connectivity index (χ0v) is 11.5. The number of hydrogen-bond acceptors (Lipinski definition) is 4. The van der Waals surface area contributed by atoms with Gasteiger partial charge in [-0.1, -0.05) is 25.7 Å². The zero-order valence-electron chi connectivity index (χ0n) is 11.5. The molecule has 2 rings (SSSR count). The van der Waals surface area contributed by atoms with Gasteiger partial charge in [-0.15, -0.1) is 0 Å². The second-order valence-electron chi connectivity index (χ2n) is 4.98. The lowest BCUT2D eigenvalue weighted by Crippen LogP contribution is -2.34. The lowest BCUT2D eigenvalue weighted by molar-refractivity contribution is 0.0928. The Hall–Kier alpha value is -1.65. The molecule has 1 heterocycles. The van der Waals surface area contributed by atoms with Gasteiger partial charge in [-0.25, -0.2) is 9.97 Å². The van der Waals surface area contributed by atoms with Crippen molar-refractivity contribution >= 4 is 11.7 Å². The maximum atomic E-state index is 12.1. The summed E-state index contributed by atoms with van der Waals surface area (Å²) in [5.41, 5.74) is 0.394. The van der Waals surface area contributed by atoms with Crippen LogP contribution in [0.2, 0.25) is 0 Å². The normalized spacial score (nSPS) is 16.7. The van der Waals surface area contributed by atoms with Crippen molar-refractivity contribution < 1.29 is 4.79 Å². The van der Waals surface area contributed by atoms with Gasteiger partial charge in [0, 0.05) is 12.6 Å². The number of rotatable bonds is 4. The highest BCUT2D eigenvalue weighted by Gasteiger charge is 2.16. The van der Waals surface area contributed by atoms with Gasteiger partial charge in [0.25, 0.3) is 5.91 Å². The number of nitrogens with one attached hydrogen (secondary N) is 2. The predicted octanol–water partition coefficient (Wildman–Crippen LogP) is 2.36. The Morgan fingerprint density at radius 3 is 2.53 bits per heavy atom. The summed E-state index contributed by atoms with van der Waals surface area (Å²) in [7, 11) is 0. The van der Waals surface area contributed by atoms with Crippen molar-refractivity contribution in [3.05, 3.63) is 18.1 Å². The Labute approximate surface area is 114 Å². The summed E-state index contributed by atoms with van der Waals surface area (Å²) in [6.07, 6.45) is 10.3. The highest BCUT2D eigenvalue weighted by atomic mass is 16.1. The maximum absolute atomic E-state index is 12.1. The van der Waals surface area contributed by atoms with Crippen molar-refractivity contribution in [3.8, 4) is 0 Å². The molecule has 1 aliphatic rings. The number of carbonyl (C=O) groups is 1. The molecule has 1 aromatic heterocycles. The molecule has 0 atom stereocenters. The Bertz CT molecular complexity index is 396. The maximum Gasteiger partial charge on any atom is 0.271 e. The van der Waals surface area contributed by atoms with Crippen LogP contribution in [0.15, 0.2) is 12.4 Å². The van der Waals surface area contributed by atoms with Crippen LogP contribution in [-0.2, 0) is 0 Å². The first-order valence-corrected chi connectivity index (χ1v) is 7.16. The second kappa shape index (κ2) is 7.07. The van der Waals surface area contributed by atoms with E-state index in [0.29, 0.717) is 17.6 Å². The smallest absolute Gasteiger partial charge is 0.271 e. The Morgan fingerprint density at radius 1 is 1.21 bits per heavy atom. The molecule has 5 heteroatoms. The number of carbonyl (C=O) groups excluding carboxylic acids is 1. The fourth-order valence-electron chi connectivity index (χ4n) is 2.40. The van der Waals surface area contributed by atoms with E-state index in [9.17, 15) is 4.79 Å². The van der Waals surface area contributed by atoms with Gasteiger partial charge >= 0.3 is 0 Å². The van der Waals surface area contributed by atoms with Gasteiger partial charge in [0.15, 0.2) is 0 Å². The molecule has 0 aromatic carbocycles. The third kappa shape index (κ3) is 4.19. The summed E-state index contributed by atoms with van der Waals surface area (Å²) in [6, 6.07) is 0.297. The van der Waals surface area contributed by atoms with Gasteiger partial charge < -0.3 is 10.6 Å². The molecule has 0 unspecified atom stereocenters. The molecule has 0 aliphatic heterocycles. The molecule has 1 fully saturated rings. The number of anilines is 1. The number of amides is 1. The van der Waals surface area contributed by atoms with Crippen LogP contribution >= 0.6 is 0 Å². The van der Waals surface area contributed by atoms with E-state index in [1.807, 2.05) is 6.92 Å². The van der Waals surface area contributed by atoms with E-state index in [2.05, 4.69) is 20.6 Å². The van der Waals surface area contributed by atoms with E-state index >= 15 is 0 Å². The molecule has 5 nitrogen and oxygen atoms in total. The molecule has 0 radical (unpaired) electrons. The van der Waals surface area contributed by atoms with Crippen molar-refractivity contribution in [2.45, 2.75) is 51.5 Å². The van der Waals surface area contributed by atoms with E-state index in [4.69, 9.17) is 0 Å². The van der Waals surface area contributed by atoms with Crippen molar-refractivity contribution in [1.82, 2.24) is 15.3 Å². The number of nitrogens with zero attached hydrogens (tertiary/aromatic N) is 2. The second-order valence-corrected chi connectivity index (χ2v) is 4.98.